The summed E-state index contributed by atoms with van der Waals surface area (Å²) >= 11 is 0. The predicted octanol–water partition coefficient (Wildman–Crippen LogP) is 19.2. The average molecular weight is 971 g/mol. The lowest BCUT2D eigenvalue weighted by Gasteiger charge is -2.20. The van der Waals surface area contributed by atoms with Crippen LogP contribution in [0.15, 0.2) is 36.5 Å². The molecular formula is C63H119NO5. The summed E-state index contributed by atoms with van der Waals surface area (Å²) in [6.45, 7) is 4.81. The molecule has 0 radical (unpaired) electrons. The van der Waals surface area contributed by atoms with E-state index >= 15 is 0 Å². The molecule has 0 spiro atoms. The van der Waals surface area contributed by atoms with E-state index in [1.54, 1.807) is 6.08 Å². The minimum atomic E-state index is -0.849. The maximum Gasteiger partial charge on any atom is 0.305 e. The molecule has 0 saturated carbocycles. The average Bonchev–Trinajstić information content (AvgIpc) is 3.35. The Morgan fingerprint density at radius 2 is 0.725 bits per heavy atom. The van der Waals surface area contributed by atoms with Crippen LogP contribution in [-0.4, -0.2) is 47.4 Å². The number of carbonyl (C=O) groups excluding carboxylic acids is 2. The van der Waals surface area contributed by atoms with Gasteiger partial charge in [-0.25, -0.2) is 0 Å². The first-order valence-corrected chi connectivity index (χ1v) is 30.8. The molecule has 6 heteroatoms. The van der Waals surface area contributed by atoms with Crippen molar-refractivity contribution in [2.45, 2.75) is 341 Å². The lowest BCUT2D eigenvalue weighted by Crippen LogP contribution is -2.45. The number of aliphatic hydroxyl groups is 2. The van der Waals surface area contributed by atoms with E-state index in [-0.39, 0.29) is 18.5 Å². The Bertz CT molecular complexity index is 1120. The fourth-order valence-corrected chi connectivity index (χ4v) is 9.47. The number of unbranched alkanes of at least 4 members (excludes halogenated alkanes) is 42. The molecule has 2 atom stereocenters. The number of esters is 1. The van der Waals surface area contributed by atoms with Gasteiger partial charge in [-0.3, -0.25) is 9.59 Å². The number of amides is 1. The van der Waals surface area contributed by atoms with Crippen molar-refractivity contribution in [2.24, 2.45) is 0 Å². The molecule has 0 rings (SSSR count). The zero-order valence-electron chi connectivity index (χ0n) is 46.3. The quantitative estimate of drug-likeness (QED) is 0.0321. The molecular weight excluding hydrogens is 851 g/mol. The molecule has 0 bridgehead atoms. The third-order valence-electron chi connectivity index (χ3n) is 14.2. The molecule has 6 nitrogen and oxygen atoms in total. The number of carbonyl (C=O) groups is 2. The van der Waals surface area contributed by atoms with Gasteiger partial charge in [0.05, 0.1) is 25.4 Å². The summed E-state index contributed by atoms with van der Waals surface area (Å²) in [6, 6.07) is -0.632. The summed E-state index contributed by atoms with van der Waals surface area (Å²) < 4.78 is 5.40. The summed E-state index contributed by atoms with van der Waals surface area (Å²) in [6.07, 6.45) is 73.4. The summed E-state index contributed by atoms with van der Waals surface area (Å²) in [4.78, 5) is 24.5. The Hall–Kier alpha value is -1.92. The van der Waals surface area contributed by atoms with Crippen molar-refractivity contribution in [3.63, 3.8) is 0 Å². The Labute approximate surface area is 430 Å². The third-order valence-corrected chi connectivity index (χ3v) is 14.2. The standard InChI is InChI=1S/C63H119NO5/c1-3-5-7-9-11-13-15-16-17-18-19-23-26-29-32-36-39-43-47-51-55-61(66)60(59-65)64-62(67)56-52-48-44-40-37-33-30-27-24-21-20-22-25-28-31-34-38-42-46-50-54-58-69-63(68)57-53-49-45-41-35-14-12-10-8-6-4-2/h34,38,46,50-51,55,60-61,65-66H,3-33,35-37,39-45,47-49,52-54,56-59H2,1-2H3,(H,64,67)/b38-34-,50-46-,55-51+. The van der Waals surface area contributed by atoms with Gasteiger partial charge in [-0.2, -0.15) is 0 Å². The number of aliphatic hydroxyl groups excluding tert-OH is 2. The van der Waals surface area contributed by atoms with Crippen LogP contribution < -0.4 is 5.32 Å². The number of allylic oxidation sites excluding steroid dienone is 4. The summed E-state index contributed by atoms with van der Waals surface area (Å²) in [5.41, 5.74) is 0. The summed E-state index contributed by atoms with van der Waals surface area (Å²) in [5.74, 6) is -0.106. The first-order chi connectivity index (χ1) is 34.0. The minimum absolute atomic E-state index is 0.0361. The highest BCUT2D eigenvalue weighted by molar-refractivity contribution is 5.76. The van der Waals surface area contributed by atoms with Gasteiger partial charge in [0, 0.05) is 12.8 Å². The van der Waals surface area contributed by atoms with E-state index in [4.69, 9.17) is 4.74 Å². The van der Waals surface area contributed by atoms with Crippen molar-refractivity contribution >= 4 is 11.9 Å². The van der Waals surface area contributed by atoms with Gasteiger partial charge in [0.25, 0.3) is 0 Å². The molecule has 0 saturated heterocycles. The van der Waals surface area contributed by atoms with Gasteiger partial charge in [-0.05, 0) is 51.4 Å². The van der Waals surface area contributed by atoms with E-state index in [0.29, 0.717) is 19.4 Å². The van der Waals surface area contributed by atoms with Crippen molar-refractivity contribution in [3.05, 3.63) is 36.5 Å². The van der Waals surface area contributed by atoms with Crippen LogP contribution >= 0.6 is 0 Å². The zero-order chi connectivity index (χ0) is 50.0. The van der Waals surface area contributed by atoms with Crippen LogP contribution in [0.25, 0.3) is 0 Å². The molecule has 0 aliphatic heterocycles. The highest BCUT2D eigenvalue weighted by atomic mass is 16.5. The van der Waals surface area contributed by atoms with Gasteiger partial charge < -0.3 is 20.3 Å². The van der Waals surface area contributed by atoms with E-state index in [1.165, 1.54) is 250 Å². The topological polar surface area (TPSA) is 95.9 Å². The molecule has 0 aliphatic rings. The van der Waals surface area contributed by atoms with Crippen LogP contribution in [0, 0.1) is 0 Å². The number of rotatable bonds is 57. The Balaban J connectivity index is 3.49. The molecule has 0 aromatic heterocycles. The van der Waals surface area contributed by atoms with Crippen LogP contribution in [0.2, 0.25) is 0 Å². The van der Waals surface area contributed by atoms with Crippen molar-refractivity contribution in [1.29, 1.82) is 0 Å². The maximum atomic E-state index is 12.5. The number of ether oxygens (including phenoxy) is 1. The fourth-order valence-electron chi connectivity index (χ4n) is 9.47. The number of hydrogen-bond acceptors (Lipinski definition) is 5. The van der Waals surface area contributed by atoms with Gasteiger partial charge >= 0.3 is 5.97 Å². The molecule has 69 heavy (non-hydrogen) atoms. The predicted molar refractivity (Wildman–Crippen MR) is 301 cm³/mol. The van der Waals surface area contributed by atoms with Crippen molar-refractivity contribution in [2.75, 3.05) is 13.2 Å². The third kappa shape index (κ3) is 55.2. The first-order valence-electron chi connectivity index (χ1n) is 30.8. The molecule has 3 N–H and O–H groups in total. The van der Waals surface area contributed by atoms with Gasteiger partial charge in [-0.15, -0.1) is 0 Å². The summed E-state index contributed by atoms with van der Waals surface area (Å²) in [5, 5.41) is 23.2. The van der Waals surface area contributed by atoms with E-state index in [9.17, 15) is 19.8 Å². The Kier molecular flexibility index (Phi) is 57.0. The largest absolute Gasteiger partial charge is 0.465 e. The molecule has 0 aliphatic carbocycles. The molecule has 0 heterocycles. The Morgan fingerprint density at radius 3 is 1.10 bits per heavy atom. The van der Waals surface area contributed by atoms with Crippen LogP contribution in [0.3, 0.4) is 0 Å². The number of nitrogens with one attached hydrogen (secondary N) is 1. The van der Waals surface area contributed by atoms with Crippen LogP contribution in [0.4, 0.5) is 0 Å². The van der Waals surface area contributed by atoms with Gasteiger partial charge in [0.15, 0.2) is 0 Å². The second-order valence-corrected chi connectivity index (χ2v) is 21.0. The Morgan fingerprint density at radius 1 is 0.406 bits per heavy atom. The van der Waals surface area contributed by atoms with E-state index in [0.717, 1.165) is 51.4 Å². The normalized spacial score (nSPS) is 12.8. The molecule has 0 fully saturated rings. The van der Waals surface area contributed by atoms with Gasteiger partial charge in [0.2, 0.25) is 5.91 Å². The van der Waals surface area contributed by atoms with Crippen molar-refractivity contribution < 1.29 is 24.5 Å². The fraction of sp³-hybridized carbons (Fsp3) is 0.873. The SMILES string of the molecule is CCCCCCCCCCCCCCCCCCCC/C=C/C(O)C(CO)NC(=O)CCCCCCCCCCCCCCCC/C=C\C/C=C\CCOC(=O)CCCCCCCCCCCCC. The lowest BCUT2D eigenvalue weighted by atomic mass is 10.0. The van der Waals surface area contributed by atoms with Crippen molar-refractivity contribution in [3.8, 4) is 0 Å². The lowest BCUT2D eigenvalue weighted by molar-refractivity contribution is -0.143. The van der Waals surface area contributed by atoms with Crippen LogP contribution in [0.5, 0.6) is 0 Å². The van der Waals surface area contributed by atoms with E-state index < -0.39 is 12.1 Å². The summed E-state index contributed by atoms with van der Waals surface area (Å²) in [7, 11) is 0. The minimum Gasteiger partial charge on any atom is -0.465 e. The molecule has 406 valence electrons. The molecule has 0 aromatic rings. The first kappa shape index (κ1) is 67.1. The zero-order valence-corrected chi connectivity index (χ0v) is 46.3. The highest BCUT2D eigenvalue weighted by Crippen LogP contribution is 2.17. The molecule has 0 aromatic carbocycles. The highest BCUT2D eigenvalue weighted by Gasteiger charge is 2.18. The van der Waals surface area contributed by atoms with E-state index in [1.807, 2.05) is 6.08 Å². The molecule has 2 unspecified atom stereocenters. The number of hydrogen-bond donors (Lipinski definition) is 3. The monoisotopic (exact) mass is 970 g/mol. The van der Waals surface area contributed by atoms with Crippen LogP contribution in [0.1, 0.15) is 328 Å². The van der Waals surface area contributed by atoms with Gasteiger partial charge in [-0.1, -0.05) is 301 Å². The van der Waals surface area contributed by atoms with Crippen LogP contribution in [-0.2, 0) is 14.3 Å². The van der Waals surface area contributed by atoms with E-state index in [2.05, 4.69) is 43.5 Å². The van der Waals surface area contributed by atoms with Crippen molar-refractivity contribution in [1.82, 2.24) is 5.32 Å². The molecule has 1 amide bonds. The van der Waals surface area contributed by atoms with Gasteiger partial charge in [0.1, 0.15) is 0 Å². The second kappa shape index (κ2) is 58.6. The smallest absolute Gasteiger partial charge is 0.305 e. The maximum absolute atomic E-state index is 12.5. The second-order valence-electron chi connectivity index (χ2n) is 21.0.